The minimum Gasteiger partial charge on any atom is -0.369 e. The average molecular weight is 300 g/mol. The quantitative estimate of drug-likeness (QED) is 0.865. The van der Waals surface area contributed by atoms with Crippen molar-refractivity contribution in [2.45, 2.75) is 31.7 Å². The Hall–Kier alpha value is -2.37. The summed E-state index contributed by atoms with van der Waals surface area (Å²) in [6, 6.07) is 6.91. The zero-order valence-electron chi connectivity index (χ0n) is 12.6. The number of aliphatic imine (C=N–C) groups is 1. The minimum absolute atomic E-state index is 0.0219. The Morgan fingerprint density at radius 2 is 2.18 bits per heavy atom. The Morgan fingerprint density at radius 3 is 2.77 bits per heavy atom. The molecule has 0 bridgehead atoms. The second kappa shape index (κ2) is 5.12. The zero-order chi connectivity index (χ0) is 15.9. The van der Waals surface area contributed by atoms with E-state index in [1.807, 2.05) is 13.0 Å². The highest BCUT2D eigenvalue weighted by Crippen LogP contribution is 2.36. The number of carbonyl (C=O) groups excluding carboxylic acids is 2. The van der Waals surface area contributed by atoms with Gasteiger partial charge in [-0.05, 0) is 43.4 Å². The molecule has 1 aromatic carbocycles. The van der Waals surface area contributed by atoms with E-state index >= 15 is 0 Å². The summed E-state index contributed by atoms with van der Waals surface area (Å²) in [6.45, 7) is 2.51. The van der Waals surface area contributed by atoms with Gasteiger partial charge in [0.1, 0.15) is 0 Å². The lowest BCUT2D eigenvalue weighted by Crippen LogP contribution is -2.50. The maximum absolute atomic E-state index is 12.4. The van der Waals surface area contributed by atoms with Gasteiger partial charge in [0.2, 0.25) is 11.8 Å². The molecule has 0 radical (unpaired) electrons. The topological polar surface area (TPSA) is 102 Å². The van der Waals surface area contributed by atoms with Gasteiger partial charge in [-0.1, -0.05) is 12.1 Å². The summed E-state index contributed by atoms with van der Waals surface area (Å²) in [5, 5.41) is 0. The standard InChI is InChI=1S/C16H20N4O2/c1-16(12-4-2-3-11(7-12)14(17)22)8-13(21)20(15(18)19-16)9-10-5-6-10/h2-4,7,10H,5-6,8-9H2,1H3,(H2,17,22)(H2,18,19)/t16-/m0/s1. The number of guanidine groups is 1. The van der Waals surface area contributed by atoms with E-state index < -0.39 is 11.4 Å². The van der Waals surface area contributed by atoms with Crippen LogP contribution in [0.3, 0.4) is 0 Å². The van der Waals surface area contributed by atoms with Gasteiger partial charge in [0, 0.05) is 12.1 Å². The SMILES string of the molecule is C[C@@]1(c2cccc(C(N)=O)c2)CC(=O)N(CC2CC2)C(N)=N1. The summed E-state index contributed by atoms with van der Waals surface area (Å²) in [5.74, 6) is 0.293. The van der Waals surface area contributed by atoms with E-state index in [0.717, 1.165) is 18.4 Å². The first-order chi connectivity index (χ1) is 10.4. The van der Waals surface area contributed by atoms with Crippen LogP contribution in [0.15, 0.2) is 29.3 Å². The fraction of sp³-hybridized carbons (Fsp3) is 0.438. The number of nitrogens with zero attached hydrogens (tertiary/aromatic N) is 2. The van der Waals surface area contributed by atoms with Crippen LogP contribution in [0.5, 0.6) is 0 Å². The molecule has 1 saturated carbocycles. The predicted octanol–water partition coefficient (Wildman–Crippen LogP) is 0.958. The molecule has 4 N–H and O–H groups in total. The third-order valence-corrected chi connectivity index (χ3v) is 4.34. The summed E-state index contributed by atoms with van der Waals surface area (Å²) in [4.78, 5) is 29.9. The normalized spacial score (nSPS) is 25.0. The van der Waals surface area contributed by atoms with Gasteiger partial charge in [0.25, 0.3) is 0 Å². The van der Waals surface area contributed by atoms with E-state index in [1.54, 1.807) is 23.1 Å². The van der Waals surface area contributed by atoms with Gasteiger partial charge >= 0.3 is 0 Å². The summed E-state index contributed by atoms with van der Waals surface area (Å²) >= 11 is 0. The third-order valence-electron chi connectivity index (χ3n) is 4.34. The number of rotatable bonds is 4. The van der Waals surface area contributed by atoms with Crippen molar-refractivity contribution in [3.63, 3.8) is 0 Å². The number of primary amides is 1. The first-order valence-corrected chi connectivity index (χ1v) is 7.45. The van der Waals surface area contributed by atoms with Crippen LogP contribution in [0, 0.1) is 5.92 Å². The van der Waals surface area contributed by atoms with Crippen molar-refractivity contribution in [2.24, 2.45) is 22.4 Å². The number of hydrogen-bond donors (Lipinski definition) is 2. The average Bonchev–Trinajstić information content (AvgIpc) is 3.27. The van der Waals surface area contributed by atoms with Crippen molar-refractivity contribution < 1.29 is 9.59 Å². The maximum atomic E-state index is 12.4. The number of amides is 2. The molecule has 116 valence electrons. The first-order valence-electron chi connectivity index (χ1n) is 7.45. The molecular formula is C16H20N4O2. The molecule has 1 heterocycles. The molecule has 0 spiro atoms. The van der Waals surface area contributed by atoms with Gasteiger partial charge in [0.15, 0.2) is 5.96 Å². The van der Waals surface area contributed by atoms with Crippen molar-refractivity contribution in [1.29, 1.82) is 0 Å². The minimum atomic E-state index is -0.757. The molecule has 0 aromatic heterocycles. The van der Waals surface area contributed by atoms with E-state index in [1.165, 1.54) is 0 Å². The fourth-order valence-corrected chi connectivity index (χ4v) is 2.80. The van der Waals surface area contributed by atoms with Crippen LogP contribution >= 0.6 is 0 Å². The van der Waals surface area contributed by atoms with Crippen LogP contribution in [-0.2, 0) is 10.3 Å². The Morgan fingerprint density at radius 1 is 1.45 bits per heavy atom. The van der Waals surface area contributed by atoms with Gasteiger partial charge < -0.3 is 11.5 Å². The lowest BCUT2D eigenvalue weighted by Gasteiger charge is -2.35. The van der Waals surface area contributed by atoms with Crippen LogP contribution in [-0.4, -0.2) is 29.2 Å². The molecule has 1 aliphatic carbocycles. The molecule has 1 fully saturated rings. The fourth-order valence-electron chi connectivity index (χ4n) is 2.80. The highest BCUT2D eigenvalue weighted by atomic mass is 16.2. The molecule has 22 heavy (non-hydrogen) atoms. The Labute approximate surface area is 129 Å². The van der Waals surface area contributed by atoms with Crippen LogP contribution in [0.1, 0.15) is 42.1 Å². The van der Waals surface area contributed by atoms with E-state index in [2.05, 4.69) is 4.99 Å². The van der Waals surface area contributed by atoms with Crippen molar-refractivity contribution >= 4 is 17.8 Å². The molecule has 3 rings (SSSR count). The summed E-state index contributed by atoms with van der Waals surface area (Å²) in [5.41, 5.74) is 11.8. The van der Waals surface area contributed by atoms with Crippen LogP contribution < -0.4 is 11.5 Å². The summed E-state index contributed by atoms with van der Waals surface area (Å²) in [6.07, 6.45) is 2.53. The molecule has 6 heteroatoms. The van der Waals surface area contributed by atoms with Gasteiger partial charge in [-0.2, -0.15) is 0 Å². The Bertz CT molecular complexity index is 666. The van der Waals surface area contributed by atoms with Crippen molar-refractivity contribution in [3.8, 4) is 0 Å². The van der Waals surface area contributed by atoms with E-state index in [0.29, 0.717) is 18.0 Å². The number of carbonyl (C=O) groups is 2. The summed E-state index contributed by atoms with van der Waals surface area (Å²) < 4.78 is 0. The molecule has 6 nitrogen and oxygen atoms in total. The first kappa shape index (κ1) is 14.6. The van der Waals surface area contributed by atoms with E-state index in [-0.39, 0.29) is 18.3 Å². The molecule has 1 atom stereocenters. The van der Waals surface area contributed by atoms with Crippen molar-refractivity contribution in [1.82, 2.24) is 4.90 Å². The van der Waals surface area contributed by atoms with Gasteiger partial charge in [-0.3, -0.25) is 14.5 Å². The largest absolute Gasteiger partial charge is 0.369 e. The predicted molar refractivity (Wildman–Crippen MR) is 83.0 cm³/mol. The molecule has 1 aromatic rings. The van der Waals surface area contributed by atoms with Gasteiger partial charge in [-0.25, -0.2) is 4.99 Å². The smallest absolute Gasteiger partial charge is 0.248 e. The van der Waals surface area contributed by atoms with E-state index in [4.69, 9.17) is 11.5 Å². The molecule has 0 unspecified atom stereocenters. The number of hydrogen-bond acceptors (Lipinski definition) is 4. The summed E-state index contributed by atoms with van der Waals surface area (Å²) in [7, 11) is 0. The molecule has 2 amide bonds. The lowest BCUT2D eigenvalue weighted by atomic mass is 9.86. The highest BCUT2D eigenvalue weighted by molar-refractivity contribution is 5.99. The third kappa shape index (κ3) is 2.68. The molecule has 2 aliphatic rings. The van der Waals surface area contributed by atoms with E-state index in [9.17, 15) is 9.59 Å². The van der Waals surface area contributed by atoms with Crippen molar-refractivity contribution in [2.75, 3.05) is 6.54 Å². The van der Waals surface area contributed by atoms with Crippen molar-refractivity contribution in [3.05, 3.63) is 35.4 Å². The molecule has 1 aliphatic heterocycles. The molecular weight excluding hydrogens is 280 g/mol. The highest BCUT2D eigenvalue weighted by Gasteiger charge is 2.39. The van der Waals surface area contributed by atoms with Crippen LogP contribution in [0.2, 0.25) is 0 Å². The lowest BCUT2D eigenvalue weighted by molar-refractivity contribution is -0.129. The van der Waals surface area contributed by atoms with Gasteiger partial charge in [-0.15, -0.1) is 0 Å². The zero-order valence-corrected chi connectivity index (χ0v) is 12.6. The van der Waals surface area contributed by atoms with Gasteiger partial charge in [0.05, 0.1) is 12.0 Å². The number of benzene rings is 1. The molecule has 0 saturated heterocycles. The second-order valence-corrected chi connectivity index (χ2v) is 6.31. The number of nitrogens with two attached hydrogens (primary N) is 2. The Balaban J connectivity index is 1.92. The Kier molecular flexibility index (Phi) is 3.39. The maximum Gasteiger partial charge on any atom is 0.248 e. The van der Waals surface area contributed by atoms with Crippen LogP contribution in [0.25, 0.3) is 0 Å². The van der Waals surface area contributed by atoms with Crippen LogP contribution in [0.4, 0.5) is 0 Å². The second-order valence-electron chi connectivity index (χ2n) is 6.31. The monoisotopic (exact) mass is 300 g/mol.